The predicted molar refractivity (Wildman–Crippen MR) is 116 cm³/mol. The molecule has 0 saturated heterocycles. The molecular weight excluding hydrogens is 436 g/mol. The third-order valence-corrected chi connectivity index (χ3v) is 4.54. The summed E-state index contributed by atoms with van der Waals surface area (Å²) < 4.78 is 5.81. The maximum atomic E-state index is 12.1. The minimum atomic E-state index is -0.640. The van der Waals surface area contributed by atoms with Crippen LogP contribution in [-0.4, -0.2) is 30.9 Å². The van der Waals surface area contributed by atoms with Crippen molar-refractivity contribution in [3.05, 3.63) is 69.2 Å². The minimum Gasteiger partial charge on any atom is -0.452 e. The van der Waals surface area contributed by atoms with Gasteiger partial charge in [-0.05, 0) is 55.7 Å². The van der Waals surface area contributed by atoms with E-state index in [0.717, 1.165) is 32.4 Å². The average Bonchev–Trinajstić information content (AvgIpc) is 2.67. The summed E-state index contributed by atoms with van der Waals surface area (Å²) in [6.07, 6.45) is 2.83. The number of esters is 1. The van der Waals surface area contributed by atoms with Crippen LogP contribution < -0.4 is 10.6 Å². The van der Waals surface area contributed by atoms with Crippen LogP contribution in [-0.2, 0) is 19.1 Å². The minimum absolute atomic E-state index is 0.210. The van der Waals surface area contributed by atoms with E-state index < -0.39 is 18.5 Å². The van der Waals surface area contributed by atoms with Crippen molar-refractivity contribution >= 4 is 45.5 Å². The van der Waals surface area contributed by atoms with E-state index in [9.17, 15) is 14.4 Å². The molecule has 7 heteroatoms. The predicted octanol–water partition coefficient (Wildman–Crippen LogP) is 3.69. The second kappa shape index (κ2) is 10.6. The Balaban J connectivity index is 1.74. The monoisotopic (exact) mass is 458 g/mol. The van der Waals surface area contributed by atoms with Gasteiger partial charge < -0.3 is 15.4 Å². The summed E-state index contributed by atoms with van der Waals surface area (Å²) in [5, 5.41) is 5.22. The number of halogens is 1. The summed E-state index contributed by atoms with van der Waals surface area (Å²) in [6.45, 7) is 5.14. The average molecular weight is 459 g/mol. The third-order valence-electron chi connectivity index (χ3n) is 4.01. The topological polar surface area (TPSA) is 84.5 Å². The molecule has 6 nitrogen and oxygen atoms in total. The van der Waals surface area contributed by atoms with E-state index in [1.807, 2.05) is 57.2 Å². The van der Waals surface area contributed by atoms with Crippen LogP contribution in [0.15, 0.2) is 46.9 Å². The number of aryl methyl sites for hydroxylation is 3. The van der Waals surface area contributed by atoms with Crippen molar-refractivity contribution in [2.24, 2.45) is 0 Å². The Bertz CT molecular complexity index is 913. The van der Waals surface area contributed by atoms with E-state index in [2.05, 4.69) is 26.6 Å². The lowest BCUT2D eigenvalue weighted by molar-refractivity contribution is -0.143. The largest absolute Gasteiger partial charge is 0.452 e. The number of rotatable bonds is 7. The zero-order chi connectivity index (χ0) is 21.4. The number of carbonyl (C=O) groups is 3. The zero-order valence-corrected chi connectivity index (χ0v) is 18.1. The number of nitrogens with one attached hydrogen (secondary N) is 2. The van der Waals surface area contributed by atoms with Crippen molar-refractivity contribution in [2.75, 3.05) is 18.5 Å². The number of anilines is 1. The number of ether oxygens (including phenoxy) is 1. The van der Waals surface area contributed by atoms with Gasteiger partial charge in [0, 0.05) is 16.2 Å². The van der Waals surface area contributed by atoms with Crippen LogP contribution >= 0.6 is 15.9 Å². The fourth-order valence-corrected chi connectivity index (χ4v) is 2.98. The van der Waals surface area contributed by atoms with Crippen molar-refractivity contribution in [2.45, 2.75) is 20.8 Å². The van der Waals surface area contributed by atoms with Gasteiger partial charge in [0.05, 0.1) is 6.54 Å². The number of hydrogen-bond donors (Lipinski definition) is 2. The van der Waals surface area contributed by atoms with Crippen LogP contribution in [0, 0.1) is 20.8 Å². The standard InChI is InChI=1S/C22H23BrN2O4/c1-14-10-15(2)22(16(3)11-14)25-19(26)12-24-20(27)13-29-21(28)9-6-17-4-7-18(23)8-5-17/h4-11H,12-13H2,1-3H3,(H,24,27)(H,25,26)/b9-6+. The summed E-state index contributed by atoms with van der Waals surface area (Å²) in [4.78, 5) is 35.6. The molecule has 2 N–H and O–H groups in total. The Labute approximate surface area is 178 Å². The van der Waals surface area contributed by atoms with E-state index in [1.54, 1.807) is 6.08 Å². The van der Waals surface area contributed by atoms with Crippen molar-refractivity contribution in [1.82, 2.24) is 5.32 Å². The van der Waals surface area contributed by atoms with Gasteiger partial charge in [-0.1, -0.05) is 45.8 Å². The molecular formula is C22H23BrN2O4. The summed E-state index contributed by atoms with van der Waals surface area (Å²) in [6, 6.07) is 11.3. The highest BCUT2D eigenvalue weighted by Gasteiger charge is 2.11. The smallest absolute Gasteiger partial charge is 0.331 e. The van der Waals surface area contributed by atoms with Gasteiger partial charge in [-0.3, -0.25) is 9.59 Å². The molecule has 29 heavy (non-hydrogen) atoms. The number of amides is 2. The first kappa shape index (κ1) is 22.4. The van der Waals surface area contributed by atoms with Crippen LogP contribution in [0.1, 0.15) is 22.3 Å². The van der Waals surface area contributed by atoms with E-state index in [-0.39, 0.29) is 12.5 Å². The Morgan fingerprint density at radius 1 is 1.00 bits per heavy atom. The van der Waals surface area contributed by atoms with Gasteiger partial charge in [0.15, 0.2) is 6.61 Å². The lowest BCUT2D eigenvalue weighted by atomic mass is 10.1. The van der Waals surface area contributed by atoms with Crippen molar-refractivity contribution in [3.8, 4) is 0 Å². The molecule has 0 aliphatic heterocycles. The van der Waals surface area contributed by atoms with Crippen LogP contribution in [0.5, 0.6) is 0 Å². The van der Waals surface area contributed by atoms with E-state index in [1.165, 1.54) is 6.08 Å². The fraction of sp³-hybridized carbons (Fsp3) is 0.227. The molecule has 0 aromatic heterocycles. The van der Waals surface area contributed by atoms with E-state index in [0.29, 0.717) is 0 Å². The molecule has 0 atom stereocenters. The molecule has 0 spiro atoms. The third kappa shape index (κ3) is 7.54. The van der Waals surface area contributed by atoms with Gasteiger partial charge in [0.1, 0.15) is 0 Å². The summed E-state index contributed by atoms with van der Waals surface area (Å²) in [5.41, 5.74) is 4.58. The molecule has 2 aromatic rings. The second-order valence-corrected chi connectivity index (χ2v) is 7.51. The Hall–Kier alpha value is -2.93. The molecule has 0 radical (unpaired) electrons. The van der Waals surface area contributed by atoms with Crippen molar-refractivity contribution in [3.63, 3.8) is 0 Å². The quantitative estimate of drug-likeness (QED) is 0.489. The van der Waals surface area contributed by atoms with Crippen LogP contribution in [0.2, 0.25) is 0 Å². The SMILES string of the molecule is Cc1cc(C)c(NC(=O)CNC(=O)COC(=O)/C=C/c2ccc(Br)cc2)c(C)c1. The van der Waals surface area contributed by atoms with Gasteiger partial charge in [-0.2, -0.15) is 0 Å². The van der Waals surface area contributed by atoms with Gasteiger partial charge in [0.25, 0.3) is 5.91 Å². The highest BCUT2D eigenvalue weighted by Crippen LogP contribution is 2.21. The molecule has 0 bridgehead atoms. The highest BCUT2D eigenvalue weighted by molar-refractivity contribution is 9.10. The Morgan fingerprint density at radius 2 is 1.62 bits per heavy atom. The zero-order valence-electron chi connectivity index (χ0n) is 16.5. The van der Waals surface area contributed by atoms with Crippen LogP contribution in [0.25, 0.3) is 6.08 Å². The maximum Gasteiger partial charge on any atom is 0.331 e. The number of hydrogen-bond acceptors (Lipinski definition) is 4. The highest BCUT2D eigenvalue weighted by atomic mass is 79.9. The first-order valence-corrected chi connectivity index (χ1v) is 9.78. The molecule has 152 valence electrons. The second-order valence-electron chi connectivity index (χ2n) is 6.59. The van der Waals surface area contributed by atoms with Gasteiger partial charge in [-0.15, -0.1) is 0 Å². The lowest BCUT2D eigenvalue weighted by Gasteiger charge is -2.13. The number of carbonyl (C=O) groups excluding carboxylic acids is 3. The summed E-state index contributed by atoms with van der Waals surface area (Å²) >= 11 is 3.33. The summed E-state index contributed by atoms with van der Waals surface area (Å²) in [5.74, 6) is -1.55. The van der Waals surface area contributed by atoms with Gasteiger partial charge in [0.2, 0.25) is 5.91 Å². The molecule has 2 rings (SSSR count). The van der Waals surface area contributed by atoms with Crippen molar-refractivity contribution in [1.29, 1.82) is 0 Å². The molecule has 0 aliphatic carbocycles. The Kier molecular flexibility index (Phi) is 8.15. The molecule has 2 amide bonds. The van der Waals surface area contributed by atoms with E-state index in [4.69, 9.17) is 4.74 Å². The first-order chi connectivity index (χ1) is 13.7. The number of benzene rings is 2. The van der Waals surface area contributed by atoms with Gasteiger partial charge in [-0.25, -0.2) is 4.79 Å². The van der Waals surface area contributed by atoms with Crippen molar-refractivity contribution < 1.29 is 19.1 Å². The molecule has 0 unspecified atom stereocenters. The molecule has 0 aliphatic rings. The lowest BCUT2D eigenvalue weighted by Crippen LogP contribution is -2.35. The van der Waals surface area contributed by atoms with E-state index >= 15 is 0 Å². The van der Waals surface area contributed by atoms with Crippen LogP contribution in [0.4, 0.5) is 5.69 Å². The molecule has 2 aromatic carbocycles. The van der Waals surface area contributed by atoms with Gasteiger partial charge >= 0.3 is 5.97 Å². The molecule has 0 saturated carbocycles. The summed E-state index contributed by atoms with van der Waals surface area (Å²) in [7, 11) is 0. The van der Waals surface area contributed by atoms with Crippen LogP contribution in [0.3, 0.4) is 0 Å². The normalized spacial score (nSPS) is 10.6. The molecule has 0 heterocycles. The first-order valence-electron chi connectivity index (χ1n) is 8.99. The maximum absolute atomic E-state index is 12.1. The molecule has 0 fully saturated rings. The Morgan fingerprint density at radius 3 is 2.24 bits per heavy atom. The fourth-order valence-electron chi connectivity index (χ4n) is 2.71.